The van der Waals surface area contributed by atoms with Gasteiger partial charge in [-0.15, -0.1) is 0 Å². The Labute approximate surface area is 94.7 Å². The maximum atomic E-state index is 11.2. The number of carboxylic acid groups (broad SMARTS) is 1. The van der Waals surface area contributed by atoms with Crippen molar-refractivity contribution in [2.45, 2.75) is 32.3 Å². The van der Waals surface area contributed by atoms with Crippen LogP contribution in [-0.2, 0) is 17.8 Å². The summed E-state index contributed by atoms with van der Waals surface area (Å²) in [6.07, 6.45) is 3.18. The van der Waals surface area contributed by atoms with Gasteiger partial charge in [0.15, 0.2) is 0 Å². The molecule has 0 heterocycles. The van der Waals surface area contributed by atoms with Crippen LogP contribution in [0.3, 0.4) is 0 Å². The maximum absolute atomic E-state index is 11.2. The Bertz CT molecular complexity index is 377. The lowest BCUT2D eigenvalue weighted by Crippen LogP contribution is -2.39. The summed E-state index contributed by atoms with van der Waals surface area (Å²) in [6, 6.07) is 7.52. The number of carbonyl (C=O) groups is 1. The minimum atomic E-state index is -0.676. The van der Waals surface area contributed by atoms with Crippen molar-refractivity contribution >= 4 is 5.97 Å². The molecule has 0 spiro atoms. The molecule has 1 fully saturated rings. The SMILES string of the molecule is O=C(O)C1(Cc2ccc(CO)cc2)CCC1. The van der Waals surface area contributed by atoms with E-state index < -0.39 is 11.4 Å². The van der Waals surface area contributed by atoms with Crippen LogP contribution in [-0.4, -0.2) is 16.2 Å². The van der Waals surface area contributed by atoms with E-state index in [0.717, 1.165) is 30.4 Å². The fraction of sp³-hybridized carbons (Fsp3) is 0.462. The highest BCUT2D eigenvalue weighted by Gasteiger charge is 2.44. The van der Waals surface area contributed by atoms with E-state index in [2.05, 4.69) is 0 Å². The van der Waals surface area contributed by atoms with Crippen LogP contribution in [0.4, 0.5) is 0 Å². The van der Waals surface area contributed by atoms with Crippen LogP contribution in [0.1, 0.15) is 30.4 Å². The molecule has 0 saturated heterocycles. The van der Waals surface area contributed by atoms with Gasteiger partial charge in [-0.1, -0.05) is 30.7 Å². The van der Waals surface area contributed by atoms with Crippen LogP contribution in [0, 0.1) is 5.41 Å². The predicted molar refractivity (Wildman–Crippen MR) is 60.0 cm³/mol. The number of hydrogen-bond donors (Lipinski definition) is 2. The van der Waals surface area contributed by atoms with Crippen molar-refractivity contribution in [2.24, 2.45) is 5.41 Å². The zero-order valence-electron chi connectivity index (χ0n) is 9.15. The summed E-state index contributed by atoms with van der Waals surface area (Å²) < 4.78 is 0. The minimum absolute atomic E-state index is 0.0321. The van der Waals surface area contributed by atoms with Gasteiger partial charge < -0.3 is 10.2 Å². The Balaban J connectivity index is 2.10. The van der Waals surface area contributed by atoms with Gasteiger partial charge in [-0.2, -0.15) is 0 Å². The smallest absolute Gasteiger partial charge is 0.309 e. The van der Waals surface area contributed by atoms with Crippen LogP contribution >= 0.6 is 0 Å². The molecule has 0 aliphatic heterocycles. The Hall–Kier alpha value is -1.35. The van der Waals surface area contributed by atoms with E-state index in [-0.39, 0.29) is 6.61 Å². The lowest BCUT2D eigenvalue weighted by atomic mass is 9.65. The first kappa shape index (κ1) is 11.1. The normalized spacial score (nSPS) is 17.8. The molecule has 0 bridgehead atoms. The van der Waals surface area contributed by atoms with Crippen LogP contribution in [0.15, 0.2) is 24.3 Å². The molecule has 1 aliphatic carbocycles. The summed E-state index contributed by atoms with van der Waals surface area (Å²) in [5.74, 6) is -0.676. The summed E-state index contributed by atoms with van der Waals surface area (Å²) in [7, 11) is 0. The lowest BCUT2D eigenvalue weighted by molar-refractivity contribution is -0.154. The lowest BCUT2D eigenvalue weighted by Gasteiger charge is -2.37. The monoisotopic (exact) mass is 220 g/mol. The molecular weight excluding hydrogens is 204 g/mol. The number of aliphatic hydroxyl groups is 1. The number of carboxylic acids is 1. The summed E-state index contributed by atoms with van der Waals surface area (Å²) in [4.78, 5) is 11.2. The molecule has 2 N–H and O–H groups in total. The van der Waals surface area contributed by atoms with Crippen molar-refractivity contribution < 1.29 is 15.0 Å². The predicted octanol–water partition coefficient (Wildman–Crippen LogP) is 1.98. The topological polar surface area (TPSA) is 57.5 Å². The summed E-state index contributed by atoms with van der Waals surface area (Å²) >= 11 is 0. The molecular formula is C13H16O3. The van der Waals surface area contributed by atoms with Gasteiger partial charge in [0.1, 0.15) is 0 Å². The molecule has 0 radical (unpaired) electrons. The maximum Gasteiger partial charge on any atom is 0.309 e. The molecule has 3 heteroatoms. The second kappa shape index (κ2) is 4.26. The van der Waals surface area contributed by atoms with E-state index >= 15 is 0 Å². The van der Waals surface area contributed by atoms with E-state index in [0.29, 0.717) is 6.42 Å². The van der Waals surface area contributed by atoms with Crippen molar-refractivity contribution in [3.05, 3.63) is 35.4 Å². The number of aliphatic carboxylic acids is 1. The second-order valence-electron chi connectivity index (χ2n) is 4.59. The van der Waals surface area contributed by atoms with Crippen molar-refractivity contribution in [1.82, 2.24) is 0 Å². The summed E-state index contributed by atoms with van der Waals surface area (Å²) in [6.45, 7) is 0.0321. The molecule has 0 aromatic heterocycles. The second-order valence-corrected chi connectivity index (χ2v) is 4.59. The molecule has 16 heavy (non-hydrogen) atoms. The van der Waals surface area contributed by atoms with Gasteiger partial charge in [-0.05, 0) is 30.4 Å². The Kier molecular flexibility index (Phi) is 2.97. The van der Waals surface area contributed by atoms with E-state index in [9.17, 15) is 9.90 Å². The molecule has 1 aromatic rings. The van der Waals surface area contributed by atoms with Gasteiger partial charge in [0.05, 0.1) is 12.0 Å². The molecule has 1 saturated carbocycles. The van der Waals surface area contributed by atoms with Crippen molar-refractivity contribution in [3.8, 4) is 0 Å². The average molecular weight is 220 g/mol. The molecule has 2 rings (SSSR count). The number of hydrogen-bond acceptors (Lipinski definition) is 2. The number of benzene rings is 1. The molecule has 1 aliphatic rings. The van der Waals surface area contributed by atoms with E-state index in [1.54, 1.807) is 0 Å². The van der Waals surface area contributed by atoms with Gasteiger partial charge in [0.25, 0.3) is 0 Å². The molecule has 3 nitrogen and oxygen atoms in total. The van der Waals surface area contributed by atoms with Crippen molar-refractivity contribution in [2.75, 3.05) is 0 Å². The highest BCUT2D eigenvalue weighted by molar-refractivity contribution is 5.76. The highest BCUT2D eigenvalue weighted by Crippen LogP contribution is 2.43. The first-order chi connectivity index (χ1) is 7.66. The fourth-order valence-electron chi connectivity index (χ4n) is 2.22. The Morgan fingerprint density at radius 1 is 1.19 bits per heavy atom. The molecule has 0 amide bonds. The third kappa shape index (κ3) is 1.95. The van der Waals surface area contributed by atoms with Gasteiger partial charge in [-0.3, -0.25) is 4.79 Å². The molecule has 0 atom stereocenters. The first-order valence-corrected chi connectivity index (χ1v) is 5.58. The average Bonchev–Trinajstić information content (AvgIpc) is 2.24. The van der Waals surface area contributed by atoms with Gasteiger partial charge in [0.2, 0.25) is 0 Å². The molecule has 1 aromatic carbocycles. The van der Waals surface area contributed by atoms with Crippen molar-refractivity contribution in [1.29, 1.82) is 0 Å². The Morgan fingerprint density at radius 2 is 1.75 bits per heavy atom. The highest BCUT2D eigenvalue weighted by atomic mass is 16.4. The Morgan fingerprint density at radius 3 is 2.12 bits per heavy atom. The van der Waals surface area contributed by atoms with Crippen LogP contribution in [0.2, 0.25) is 0 Å². The van der Waals surface area contributed by atoms with Gasteiger partial charge in [-0.25, -0.2) is 0 Å². The molecule has 0 unspecified atom stereocenters. The fourth-order valence-corrected chi connectivity index (χ4v) is 2.22. The summed E-state index contributed by atoms with van der Waals surface area (Å²) in [5.41, 5.74) is 1.38. The van der Waals surface area contributed by atoms with Crippen LogP contribution in [0.5, 0.6) is 0 Å². The largest absolute Gasteiger partial charge is 0.481 e. The minimum Gasteiger partial charge on any atom is -0.481 e. The quantitative estimate of drug-likeness (QED) is 0.815. The zero-order chi connectivity index (χ0) is 11.6. The van der Waals surface area contributed by atoms with Crippen molar-refractivity contribution in [3.63, 3.8) is 0 Å². The van der Waals surface area contributed by atoms with E-state index in [4.69, 9.17) is 5.11 Å². The molecule has 86 valence electrons. The third-order valence-electron chi connectivity index (χ3n) is 3.51. The van der Waals surface area contributed by atoms with E-state index in [1.807, 2.05) is 24.3 Å². The van der Waals surface area contributed by atoms with Crippen LogP contribution in [0.25, 0.3) is 0 Å². The van der Waals surface area contributed by atoms with Gasteiger partial charge >= 0.3 is 5.97 Å². The first-order valence-electron chi connectivity index (χ1n) is 5.58. The summed E-state index contributed by atoms with van der Waals surface area (Å²) in [5, 5.41) is 18.1. The standard InChI is InChI=1S/C13H16O3/c14-9-11-4-2-10(3-5-11)8-13(12(15)16)6-1-7-13/h2-5,14H,1,6-9H2,(H,15,16). The number of rotatable bonds is 4. The van der Waals surface area contributed by atoms with E-state index in [1.165, 1.54) is 0 Å². The zero-order valence-corrected chi connectivity index (χ0v) is 9.15. The third-order valence-corrected chi connectivity index (χ3v) is 3.51. The number of aliphatic hydroxyl groups excluding tert-OH is 1. The van der Waals surface area contributed by atoms with Crippen LogP contribution < -0.4 is 0 Å². The van der Waals surface area contributed by atoms with Gasteiger partial charge in [0, 0.05) is 0 Å².